The number of allylic oxidation sites excluding steroid dienone is 2. The molecular weight excluding hydrogens is 683 g/mol. The highest BCUT2D eigenvalue weighted by molar-refractivity contribution is 6.11. The van der Waals surface area contributed by atoms with Crippen molar-refractivity contribution in [3.05, 3.63) is 220 Å². The van der Waals surface area contributed by atoms with Crippen molar-refractivity contribution in [3.8, 4) is 11.1 Å². The maximum atomic E-state index is 6.77. The molecule has 1 N–H and O–H groups in total. The van der Waals surface area contributed by atoms with Crippen LogP contribution < -0.4 is 20.9 Å². The molecule has 4 unspecified atom stereocenters. The number of furan rings is 1. The van der Waals surface area contributed by atoms with E-state index in [2.05, 4.69) is 204 Å². The zero-order valence-electron chi connectivity index (χ0n) is 30.8. The van der Waals surface area contributed by atoms with Crippen molar-refractivity contribution < 1.29 is 4.42 Å². The first-order valence-corrected chi connectivity index (χ1v) is 19.6. The van der Waals surface area contributed by atoms with Gasteiger partial charge >= 0.3 is 0 Å². The molecular formula is C52H39N3O. The minimum Gasteiger partial charge on any atom is -0.456 e. The maximum Gasteiger partial charge on any atom is 0.136 e. The molecule has 2 aliphatic heterocycles. The first kappa shape index (κ1) is 32.5. The normalized spacial score (nSPS) is 20.7. The maximum absolute atomic E-state index is 6.77. The van der Waals surface area contributed by atoms with Crippen LogP contribution in [0.5, 0.6) is 0 Å². The standard InChI is InChI=1S/C52H39N3O/c1-5-14-34(15-6-1)38-24-28-47-43(30-38)44-31-39(35-16-7-2-8-17-35)25-29-48(44)55(47)40-26-27-41-50(32-40)56-49-23-13-22-42(51(41)49)52-53-45(36-18-9-3-10-19-36)33-46(54-52)37-20-11-4-12-21-37/h1-25,27-33,40,43,45,47H,26H2,(H,53,54). The lowest BCUT2D eigenvalue weighted by atomic mass is 9.85. The molecule has 3 heterocycles. The monoisotopic (exact) mass is 721 g/mol. The second-order valence-corrected chi connectivity index (χ2v) is 15.1. The van der Waals surface area contributed by atoms with Crippen LogP contribution >= 0.6 is 0 Å². The van der Waals surface area contributed by atoms with Crippen molar-refractivity contribution in [1.82, 2.24) is 5.32 Å². The molecule has 1 aromatic heterocycles. The van der Waals surface area contributed by atoms with Gasteiger partial charge in [-0.25, -0.2) is 4.99 Å². The Morgan fingerprint density at radius 3 is 2.12 bits per heavy atom. The number of anilines is 1. The molecule has 0 radical (unpaired) electrons. The topological polar surface area (TPSA) is 40.8 Å². The van der Waals surface area contributed by atoms with Gasteiger partial charge in [0.2, 0.25) is 0 Å². The SMILES string of the molecule is C1=CC2C(C=C1c1ccccc1)c1cc(-c3ccccc3)ccc1N2C1C=c2oc3cccc(C4=NC(c5ccccc5)=CC(c5ccccc5)N4)c3c2=CC1. The largest absolute Gasteiger partial charge is 0.456 e. The van der Waals surface area contributed by atoms with Gasteiger partial charge in [0.15, 0.2) is 0 Å². The molecule has 56 heavy (non-hydrogen) atoms. The second-order valence-electron chi connectivity index (χ2n) is 15.1. The number of nitrogens with one attached hydrogen (secondary N) is 1. The Kier molecular flexibility index (Phi) is 7.80. The minimum absolute atomic E-state index is 0.0256. The Balaban J connectivity index is 1.00. The second kappa shape index (κ2) is 13.4. The van der Waals surface area contributed by atoms with Crippen LogP contribution in [0.25, 0.3) is 45.5 Å². The number of nitrogens with zero attached hydrogens (tertiary/aromatic N) is 2. The number of benzene rings is 6. The summed E-state index contributed by atoms with van der Waals surface area (Å²) in [6.45, 7) is 0. The summed E-state index contributed by atoms with van der Waals surface area (Å²) in [7, 11) is 0. The van der Waals surface area contributed by atoms with E-state index in [4.69, 9.17) is 9.41 Å². The lowest BCUT2D eigenvalue weighted by Crippen LogP contribution is -2.44. The van der Waals surface area contributed by atoms with E-state index in [0.29, 0.717) is 0 Å². The third-order valence-electron chi connectivity index (χ3n) is 11.8. The van der Waals surface area contributed by atoms with Crippen molar-refractivity contribution in [2.24, 2.45) is 4.99 Å². The number of fused-ring (bicyclic) bond motifs is 6. The van der Waals surface area contributed by atoms with Gasteiger partial charge in [0, 0.05) is 27.8 Å². The number of hydrogen-bond donors (Lipinski definition) is 1. The predicted molar refractivity (Wildman–Crippen MR) is 231 cm³/mol. The highest BCUT2D eigenvalue weighted by Gasteiger charge is 2.41. The Morgan fingerprint density at radius 2 is 1.36 bits per heavy atom. The number of hydrogen-bond acceptors (Lipinski definition) is 4. The molecule has 268 valence electrons. The summed E-state index contributed by atoms with van der Waals surface area (Å²) in [6.07, 6.45) is 15.1. The summed E-state index contributed by atoms with van der Waals surface area (Å²) >= 11 is 0. The first-order chi connectivity index (χ1) is 27.7. The van der Waals surface area contributed by atoms with Crippen LogP contribution in [-0.2, 0) is 0 Å². The molecule has 0 fully saturated rings. The van der Waals surface area contributed by atoms with Gasteiger partial charge < -0.3 is 14.6 Å². The first-order valence-electron chi connectivity index (χ1n) is 19.6. The van der Waals surface area contributed by atoms with Crippen LogP contribution in [0.3, 0.4) is 0 Å². The molecule has 0 saturated carbocycles. The molecule has 7 aromatic rings. The van der Waals surface area contributed by atoms with E-state index in [1.807, 2.05) is 0 Å². The molecule has 0 amide bonds. The summed E-state index contributed by atoms with van der Waals surface area (Å²) in [5, 5.41) is 6.03. The fourth-order valence-electron chi connectivity index (χ4n) is 9.13. The Bertz CT molecular complexity index is 2870. The summed E-state index contributed by atoms with van der Waals surface area (Å²) in [5.74, 6) is 1.08. The third kappa shape index (κ3) is 5.56. The average Bonchev–Trinajstić information content (AvgIpc) is 3.82. The third-order valence-corrected chi connectivity index (χ3v) is 11.8. The molecule has 0 spiro atoms. The molecule has 6 aromatic carbocycles. The van der Waals surface area contributed by atoms with E-state index in [-0.39, 0.29) is 24.0 Å². The predicted octanol–water partition coefficient (Wildman–Crippen LogP) is 10.2. The lowest BCUT2D eigenvalue weighted by Gasteiger charge is -2.35. The Hall–Kier alpha value is -6.91. The van der Waals surface area contributed by atoms with Crippen molar-refractivity contribution in [1.29, 1.82) is 0 Å². The van der Waals surface area contributed by atoms with Gasteiger partial charge in [-0.2, -0.15) is 0 Å². The fourth-order valence-corrected chi connectivity index (χ4v) is 9.13. The van der Waals surface area contributed by atoms with Crippen LogP contribution in [0.4, 0.5) is 5.69 Å². The van der Waals surface area contributed by atoms with Gasteiger partial charge in [-0.05, 0) is 75.7 Å². The van der Waals surface area contributed by atoms with Crippen LogP contribution in [0, 0.1) is 0 Å². The molecule has 4 aliphatic rings. The Labute approximate surface area is 326 Å². The van der Waals surface area contributed by atoms with Crippen LogP contribution in [-0.4, -0.2) is 17.9 Å². The smallest absolute Gasteiger partial charge is 0.136 e. The Morgan fingerprint density at radius 1 is 0.643 bits per heavy atom. The van der Waals surface area contributed by atoms with E-state index < -0.39 is 0 Å². The summed E-state index contributed by atoms with van der Waals surface area (Å²) in [5.41, 5.74) is 13.8. The molecule has 4 heteroatoms. The molecule has 0 bridgehead atoms. The molecule has 0 saturated heterocycles. The van der Waals surface area contributed by atoms with Gasteiger partial charge in [0.1, 0.15) is 16.8 Å². The van der Waals surface area contributed by atoms with Gasteiger partial charge in [-0.3, -0.25) is 0 Å². The lowest BCUT2D eigenvalue weighted by molar-refractivity contribution is 0.561. The summed E-state index contributed by atoms with van der Waals surface area (Å²) < 4.78 is 6.77. The molecule has 4 atom stereocenters. The van der Waals surface area contributed by atoms with Crippen molar-refractivity contribution in [3.63, 3.8) is 0 Å². The van der Waals surface area contributed by atoms with Gasteiger partial charge in [-0.15, -0.1) is 0 Å². The highest BCUT2D eigenvalue weighted by atomic mass is 16.3. The van der Waals surface area contributed by atoms with Crippen molar-refractivity contribution in [2.45, 2.75) is 30.5 Å². The van der Waals surface area contributed by atoms with E-state index in [1.54, 1.807) is 0 Å². The average molecular weight is 722 g/mol. The van der Waals surface area contributed by atoms with Crippen LogP contribution in [0.15, 0.2) is 191 Å². The van der Waals surface area contributed by atoms with Crippen LogP contribution in [0.1, 0.15) is 46.2 Å². The molecule has 11 rings (SSSR count). The number of rotatable bonds is 6. The highest BCUT2D eigenvalue weighted by Crippen LogP contribution is 2.49. The number of aliphatic imine (C=N–C) groups is 1. The zero-order valence-corrected chi connectivity index (χ0v) is 30.8. The van der Waals surface area contributed by atoms with E-state index in [1.165, 1.54) is 39.1 Å². The minimum atomic E-state index is -0.0256. The molecule has 2 aliphatic carbocycles. The number of amidine groups is 1. The van der Waals surface area contributed by atoms with Gasteiger partial charge in [0.25, 0.3) is 0 Å². The van der Waals surface area contributed by atoms with E-state index >= 15 is 0 Å². The van der Waals surface area contributed by atoms with E-state index in [9.17, 15) is 0 Å². The molecule has 4 nitrogen and oxygen atoms in total. The van der Waals surface area contributed by atoms with E-state index in [0.717, 1.165) is 50.7 Å². The summed E-state index contributed by atoms with van der Waals surface area (Å²) in [6, 6.07) is 56.2. The fraction of sp³-hybridized carbons (Fsp3) is 0.0962. The van der Waals surface area contributed by atoms with Crippen molar-refractivity contribution in [2.75, 3.05) is 4.90 Å². The summed E-state index contributed by atoms with van der Waals surface area (Å²) in [4.78, 5) is 7.89. The van der Waals surface area contributed by atoms with Gasteiger partial charge in [0.05, 0.1) is 23.8 Å². The van der Waals surface area contributed by atoms with Crippen LogP contribution in [0.2, 0.25) is 0 Å². The van der Waals surface area contributed by atoms with Gasteiger partial charge in [-0.1, -0.05) is 164 Å². The van der Waals surface area contributed by atoms with Crippen molar-refractivity contribution >= 4 is 45.9 Å². The quantitative estimate of drug-likeness (QED) is 0.186. The zero-order chi connectivity index (χ0) is 37.0.